The van der Waals surface area contributed by atoms with E-state index >= 15 is 0 Å². The lowest BCUT2D eigenvalue weighted by Crippen LogP contribution is -2.42. The first-order chi connectivity index (χ1) is 7.93. The molecule has 17 heavy (non-hydrogen) atoms. The van der Waals surface area contributed by atoms with Crippen molar-refractivity contribution in [3.05, 3.63) is 4.60 Å². The van der Waals surface area contributed by atoms with Gasteiger partial charge in [0.2, 0.25) is 5.03 Å². The van der Waals surface area contributed by atoms with Crippen molar-refractivity contribution in [3.8, 4) is 0 Å². The summed E-state index contributed by atoms with van der Waals surface area (Å²) in [5.74, 6) is 0.754. The Morgan fingerprint density at radius 2 is 1.94 bits per heavy atom. The van der Waals surface area contributed by atoms with E-state index in [2.05, 4.69) is 26.2 Å². The smallest absolute Gasteiger partial charge is 0.259 e. The molecule has 7 nitrogen and oxygen atoms in total. The van der Waals surface area contributed by atoms with Gasteiger partial charge in [0.1, 0.15) is 0 Å². The molecule has 0 atom stereocenters. The van der Waals surface area contributed by atoms with E-state index in [4.69, 9.17) is 0 Å². The predicted octanol–water partition coefficient (Wildman–Crippen LogP) is -0.669. The molecule has 10 heteroatoms. The van der Waals surface area contributed by atoms with Crippen LogP contribution in [-0.4, -0.2) is 56.5 Å². The quantitative estimate of drug-likeness (QED) is 0.711. The summed E-state index contributed by atoms with van der Waals surface area (Å²) in [5, 5.41) is 7.33. The summed E-state index contributed by atoms with van der Waals surface area (Å²) >= 11 is 3.07. The van der Waals surface area contributed by atoms with Crippen molar-refractivity contribution in [2.24, 2.45) is 7.05 Å². The highest BCUT2D eigenvalue weighted by Crippen LogP contribution is 2.22. The lowest BCUT2D eigenvalue weighted by Gasteiger charge is -2.25. The van der Waals surface area contributed by atoms with E-state index in [1.54, 1.807) is 0 Å². The molecule has 2 heterocycles. The van der Waals surface area contributed by atoms with Crippen LogP contribution < -0.4 is 0 Å². The number of aryl methyl sites for hydroxylation is 1. The van der Waals surface area contributed by atoms with Crippen molar-refractivity contribution in [1.29, 1.82) is 0 Å². The van der Waals surface area contributed by atoms with E-state index in [0.29, 0.717) is 11.5 Å². The minimum absolute atomic E-state index is 0.0326. The fraction of sp³-hybridized carbons (Fsp3) is 0.714. The minimum Gasteiger partial charge on any atom is -0.259 e. The fourth-order valence-corrected chi connectivity index (χ4v) is 5.34. The first-order valence-electron chi connectivity index (χ1n) is 4.83. The van der Waals surface area contributed by atoms with E-state index in [0.717, 1.165) is 0 Å². The molecule has 0 N–H and O–H groups in total. The van der Waals surface area contributed by atoms with Crippen molar-refractivity contribution in [2.75, 3.05) is 24.6 Å². The van der Waals surface area contributed by atoms with Gasteiger partial charge in [-0.2, -0.15) is 4.31 Å². The monoisotopic (exact) mass is 342 g/mol. The van der Waals surface area contributed by atoms with E-state index in [1.807, 2.05) is 0 Å². The zero-order valence-corrected chi connectivity index (χ0v) is 12.3. The normalized spacial score (nSPS) is 19.6. The van der Waals surface area contributed by atoms with Crippen LogP contribution in [0.25, 0.3) is 0 Å². The molecule has 1 aromatic heterocycles. The molecule has 1 aliphatic heterocycles. The molecule has 1 aromatic rings. The molecule has 0 saturated carbocycles. The SMILES string of the molecule is Cn1nnc(Br)c1S(=O)(=O)N1CCS(=O)CC1. The predicted molar refractivity (Wildman–Crippen MR) is 65.3 cm³/mol. The number of rotatable bonds is 2. The highest BCUT2D eigenvalue weighted by Gasteiger charge is 2.32. The van der Waals surface area contributed by atoms with E-state index in [9.17, 15) is 12.6 Å². The van der Waals surface area contributed by atoms with Gasteiger partial charge in [-0.3, -0.25) is 4.21 Å². The molecule has 0 aliphatic carbocycles. The Balaban J connectivity index is 2.34. The fourth-order valence-electron chi connectivity index (χ4n) is 1.58. The van der Waals surface area contributed by atoms with Gasteiger partial charge in [0.15, 0.2) is 4.60 Å². The molecule has 0 unspecified atom stereocenters. The Hall–Kier alpha value is -0.320. The van der Waals surface area contributed by atoms with Gasteiger partial charge in [0.25, 0.3) is 10.0 Å². The molecule has 1 fully saturated rings. The average molecular weight is 343 g/mol. The lowest BCUT2D eigenvalue weighted by molar-refractivity contribution is 0.431. The van der Waals surface area contributed by atoms with Gasteiger partial charge >= 0.3 is 0 Å². The van der Waals surface area contributed by atoms with Gasteiger partial charge in [-0.25, -0.2) is 13.1 Å². The summed E-state index contributed by atoms with van der Waals surface area (Å²) < 4.78 is 38.5. The molecule has 1 saturated heterocycles. The van der Waals surface area contributed by atoms with E-state index < -0.39 is 20.8 Å². The van der Waals surface area contributed by atoms with Crippen LogP contribution >= 0.6 is 15.9 Å². The third-order valence-electron chi connectivity index (χ3n) is 2.46. The molecule has 0 radical (unpaired) electrons. The summed E-state index contributed by atoms with van der Waals surface area (Å²) in [6.07, 6.45) is 0. The second-order valence-electron chi connectivity index (χ2n) is 3.56. The van der Waals surface area contributed by atoms with E-state index in [1.165, 1.54) is 16.0 Å². The number of nitrogens with zero attached hydrogens (tertiary/aromatic N) is 4. The van der Waals surface area contributed by atoms with Crippen LogP contribution in [0.3, 0.4) is 0 Å². The molecule has 0 bridgehead atoms. The van der Waals surface area contributed by atoms with Gasteiger partial charge in [-0.05, 0) is 15.9 Å². The maximum absolute atomic E-state index is 12.3. The standard InChI is InChI=1S/C7H11BrN4O3S2/c1-11-7(6(8)9-10-11)17(14,15)12-2-4-16(13)5-3-12/h2-5H2,1H3. The molecule has 0 amide bonds. The van der Waals surface area contributed by atoms with Crippen LogP contribution in [0.15, 0.2) is 9.63 Å². The van der Waals surface area contributed by atoms with E-state index in [-0.39, 0.29) is 22.7 Å². The van der Waals surface area contributed by atoms with Crippen molar-refractivity contribution in [1.82, 2.24) is 19.3 Å². The largest absolute Gasteiger partial charge is 0.263 e. The highest BCUT2D eigenvalue weighted by atomic mass is 79.9. The molecule has 1 aliphatic rings. The maximum Gasteiger partial charge on any atom is 0.263 e. The molecule has 96 valence electrons. The maximum atomic E-state index is 12.3. The third kappa shape index (κ3) is 2.44. The van der Waals surface area contributed by atoms with Gasteiger partial charge in [0.05, 0.1) is 0 Å². The van der Waals surface area contributed by atoms with Crippen molar-refractivity contribution in [2.45, 2.75) is 5.03 Å². The number of sulfonamides is 1. The molecular formula is C7H11BrN4O3S2. The van der Waals surface area contributed by atoms with Gasteiger partial charge in [-0.1, -0.05) is 5.21 Å². The zero-order chi connectivity index (χ0) is 12.6. The molecule has 2 rings (SSSR count). The van der Waals surface area contributed by atoms with Crippen LogP contribution in [0.2, 0.25) is 0 Å². The van der Waals surface area contributed by atoms with Gasteiger partial charge in [0, 0.05) is 42.4 Å². The average Bonchev–Trinajstić information content (AvgIpc) is 2.59. The minimum atomic E-state index is -3.61. The lowest BCUT2D eigenvalue weighted by atomic mass is 10.6. The zero-order valence-electron chi connectivity index (χ0n) is 9.04. The first-order valence-corrected chi connectivity index (χ1v) is 8.55. The van der Waals surface area contributed by atoms with Crippen LogP contribution in [0.5, 0.6) is 0 Å². The van der Waals surface area contributed by atoms with Crippen LogP contribution in [-0.2, 0) is 27.9 Å². The summed E-state index contributed by atoms with van der Waals surface area (Å²) in [6.45, 7) is 0.541. The van der Waals surface area contributed by atoms with Crippen LogP contribution in [0.1, 0.15) is 0 Å². The van der Waals surface area contributed by atoms with Crippen molar-refractivity contribution in [3.63, 3.8) is 0 Å². The number of aromatic nitrogens is 3. The topological polar surface area (TPSA) is 85.2 Å². The highest BCUT2D eigenvalue weighted by molar-refractivity contribution is 9.10. The Labute approximate surface area is 110 Å². The number of halogens is 1. The number of hydrogen-bond acceptors (Lipinski definition) is 5. The van der Waals surface area contributed by atoms with Crippen LogP contribution in [0.4, 0.5) is 0 Å². The van der Waals surface area contributed by atoms with Crippen molar-refractivity contribution < 1.29 is 12.6 Å². The second kappa shape index (κ2) is 4.75. The van der Waals surface area contributed by atoms with Crippen LogP contribution in [0, 0.1) is 0 Å². The Kier molecular flexibility index (Phi) is 3.66. The Morgan fingerprint density at radius 1 is 1.35 bits per heavy atom. The third-order valence-corrected chi connectivity index (χ3v) is 6.52. The van der Waals surface area contributed by atoms with Gasteiger partial charge < -0.3 is 0 Å². The molecule has 0 spiro atoms. The van der Waals surface area contributed by atoms with Gasteiger partial charge in [-0.15, -0.1) is 5.10 Å². The summed E-state index contributed by atoms with van der Waals surface area (Å²) in [7, 11) is -3.00. The number of hydrogen-bond donors (Lipinski definition) is 0. The first kappa shape index (κ1) is 13.1. The second-order valence-corrected chi connectivity index (χ2v) is 7.86. The Morgan fingerprint density at radius 3 is 2.41 bits per heavy atom. The van der Waals surface area contributed by atoms with Crippen molar-refractivity contribution >= 4 is 36.8 Å². The summed E-state index contributed by atoms with van der Waals surface area (Å²) in [6, 6.07) is 0. The summed E-state index contributed by atoms with van der Waals surface area (Å²) in [5.41, 5.74) is 0. The molecule has 0 aromatic carbocycles. The molecular weight excluding hydrogens is 332 g/mol. The Bertz CT molecular complexity index is 526. The summed E-state index contributed by atoms with van der Waals surface area (Å²) in [4.78, 5) is 0.